The monoisotopic (exact) mass is 209 g/mol. The highest BCUT2D eigenvalue weighted by Crippen LogP contribution is 2.34. The first-order chi connectivity index (χ1) is 6.93. The van der Waals surface area contributed by atoms with Crippen LogP contribution in [0.3, 0.4) is 0 Å². The average molecular weight is 209 g/mol. The van der Waals surface area contributed by atoms with Crippen molar-refractivity contribution in [1.82, 2.24) is 0 Å². The molecule has 1 atom stereocenters. The van der Waals surface area contributed by atoms with Crippen LogP contribution in [0.2, 0.25) is 0 Å². The first-order valence-corrected chi connectivity index (χ1v) is 4.79. The molecule has 0 N–H and O–H groups in total. The summed E-state index contributed by atoms with van der Waals surface area (Å²) in [5.41, 5.74) is -1.27. The normalized spacial score (nSPS) is 14.7. The maximum absolute atomic E-state index is 13.5. The maximum Gasteiger partial charge on any atom is 0.130 e. The number of hydrogen-bond donors (Lipinski definition) is 0. The van der Waals surface area contributed by atoms with Gasteiger partial charge in [0.25, 0.3) is 0 Å². The molecule has 1 aromatic rings. The fourth-order valence-electron chi connectivity index (χ4n) is 1.47. The van der Waals surface area contributed by atoms with Crippen molar-refractivity contribution in [2.24, 2.45) is 5.92 Å². The van der Waals surface area contributed by atoms with Crippen molar-refractivity contribution in [3.8, 4) is 6.07 Å². The van der Waals surface area contributed by atoms with Gasteiger partial charge in [0.1, 0.15) is 11.6 Å². The molecule has 0 aliphatic heterocycles. The Morgan fingerprint density at radius 1 is 1.27 bits per heavy atom. The van der Waals surface area contributed by atoms with E-state index in [1.54, 1.807) is 20.8 Å². The van der Waals surface area contributed by atoms with Crippen LogP contribution in [-0.4, -0.2) is 0 Å². The van der Waals surface area contributed by atoms with Crippen LogP contribution < -0.4 is 0 Å². The SMILES string of the molecule is CC(C)C(C)(C#N)c1c(F)cccc1F. The Bertz CT molecular complexity index is 386. The standard InChI is InChI=1S/C12H13F2N/c1-8(2)12(3,7-15)11-9(13)5-4-6-10(11)14/h4-6,8H,1-3H3. The van der Waals surface area contributed by atoms with E-state index in [1.165, 1.54) is 18.2 Å². The highest BCUT2D eigenvalue weighted by atomic mass is 19.1. The summed E-state index contributed by atoms with van der Waals surface area (Å²) in [6.45, 7) is 5.10. The Morgan fingerprint density at radius 3 is 2.07 bits per heavy atom. The Balaban J connectivity index is 3.44. The molecule has 80 valence electrons. The first-order valence-electron chi connectivity index (χ1n) is 4.79. The Labute approximate surface area is 88.3 Å². The number of rotatable bonds is 2. The molecule has 0 saturated carbocycles. The van der Waals surface area contributed by atoms with Crippen molar-refractivity contribution in [1.29, 1.82) is 5.26 Å². The minimum atomic E-state index is -1.13. The fraction of sp³-hybridized carbons (Fsp3) is 0.417. The third-order valence-electron chi connectivity index (χ3n) is 2.87. The second-order valence-electron chi connectivity index (χ2n) is 4.07. The number of nitrogens with zero attached hydrogens (tertiary/aromatic N) is 1. The van der Waals surface area contributed by atoms with Gasteiger partial charge in [0.15, 0.2) is 0 Å². The van der Waals surface area contributed by atoms with Gasteiger partial charge in [-0.1, -0.05) is 19.9 Å². The van der Waals surface area contributed by atoms with Gasteiger partial charge in [-0.05, 0) is 25.0 Å². The molecule has 0 spiro atoms. The Morgan fingerprint density at radius 2 is 1.73 bits per heavy atom. The summed E-state index contributed by atoms with van der Waals surface area (Å²) >= 11 is 0. The molecule has 0 bridgehead atoms. The summed E-state index contributed by atoms with van der Waals surface area (Å²) in [7, 11) is 0. The van der Waals surface area contributed by atoms with E-state index in [4.69, 9.17) is 5.26 Å². The van der Waals surface area contributed by atoms with Crippen LogP contribution in [0.4, 0.5) is 8.78 Å². The van der Waals surface area contributed by atoms with Crippen LogP contribution in [0.15, 0.2) is 18.2 Å². The zero-order valence-corrected chi connectivity index (χ0v) is 9.01. The summed E-state index contributed by atoms with van der Waals surface area (Å²) in [6, 6.07) is 5.65. The molecule has 1 rings (SSSR count). The lowest BCUT2D eigenvalue weighted by atomic mass is 9.74. The second-order valence-corrected chi connectivity index (χ2v) is 4.07. The zero-order valence-electron chi connectivity index (χ0n) is 9.01. The lowest BCUT2D eigenvalue weighted by Crippen LogP contribution is -2.29. The smallest absolute Gasteiger partial charge is 0.130 e. The molecule has 1 unspecified atom stereocenters. The first kappa shape index (κ1) is 11.6. The lowest BCUT2D eigenvalue weighted by molar-refractivity contribution is 0.390. The van der Waals surface area contributed by atoms with Gasteiger partial charge in [0, 0.05) is 5.56 Å². The predicted octanol–water partition coefficient (Wildman–Crippen LogP) is 3.40. The number of halogens is 2. The van der Waals surface area contributed by atoms with Crippen LogP contribution in [0.5, 0.6) is 0 Å². The highest BCUT2D eigenvalue weighted by Gasteiger charge is 2.35. The van der Waals surface area contributed by atoms with Gasteiger partial charge in [0.2, 0.25) is 0 Å². The largest absolute Gasteiger partial charge is 0.207 e. The molecular weight excluding hydrogens is 196 g/mol. The molecule has 0 aromatic heterocycles. The molecule has 1 aromatic carbocycles. The molecule has 0 fully saturated rings. The van der Waals surface area contributed by atoms with E-state index in [-0.39, 0.29) is 11.5 Å². The van der Waals surface area contributed by atoms with Gasteiger partial charge >= 0.3 is 0 Å². The van der Waals surface area contributed by atoms with Crippen molar-refractivity contribution in [3.05, 3.63) is 35.4 Å². The second kappa shape index (κ2) is 3.98. The fourth-order valence-corrected chi connectivity index (χ4v) is 1.47. The Kier molecular flexibility index (Phi) is 3.09. The predicted molar refractivity (Wildman–Crippen MR) is 54.2 cm³/mol. The lowest BCUT2D eigenvalue weighted by Gasteiger charge is -2.27. The summed E-state index contributed by atoms with van der Waals surface area (Å²) in [6.07, 6.45) is 0. The van der Waals surface area contributed by atoms with E-state index in [0.29, 0.717) is 0 Å². The van der Waals surface area contributed by atoms with E-state index in [0.717, 1.165) is 0 Å². The molecule has 0 amide bonds. The Hall–Kier alpha value is -1.43. The van der Waals surface area contributed by atoms with Gasteiger partial charge < -0.3 is 0 Å². The summed E-state index contributed by atoms with van der Waals surface area (Å²) in [4.78, 5) is 0. The number of nitriles is 1. The van der Waals surface area contributed by atoms with E-state index in [2.05, 4.69) is 0 Å². The topological polar surface area (TPSA) is 23.8 Å². The maximum atomic E-state index is 13.5. The average Bonchev–Trinajstić information content (AvgIpc) is 2.16. The van der Waals surface area contributed by atoms with E-state index >= 15 is 0 Å². The van der Waals surface area contributed by atoms with Crippen molar-refractivity contribution in [3.63, 3.8) is 0 Å². The van der Waals surface area contributed by atoms with Crippen LogP contribution in [0.25, 0.3) is 0 Å². The van der Waals surface area contributed by atoms with Crippen molar-refractivity contribution in [2.45, 2.75) is 26.2 Å². The number of benzene rings is 1. The summed E-state index contributed by atoms with van der Waals surface area (Å²) in [5, 5.41) is 9.07. The molecule has 15 heavy (non-hydrogen) atoms. The third kappa shape index (κ3) is 1.85. The molecule has 0 aliphatic carbocycles. The molecular formula is C12H13F2N. The molecule has 0 radical (unpaired) electrons. The van der Waals surface area contributed by atoms with Gasteiger partial charge in [-0.25, -0.2) is 8.78 Å². The van der Waals surface area contributed by atoms with E-state index < -0.39 is 17.0 Å². The van der Waals surface area contributed by atoms with Crippen molar-refractivity contribution in [2.75, 3.05) is 0 Å². The van der Waals surface area contributed by atoms with E-state index in [1.807, 2.05) is 6.07 Å². The van der Waals surface area contributed by atoms with Crippen molar-refractivity contribution >= 4 is 0 Å². The zero-order chi connectivity index (χ0) is 11.6. The third-order valence-corrected chi connectivity index (χ3v) is 2.87. The summed E-state index contributed by atoms with van der Waals surface area (Å²) < 4.78 is 27.0. The van der Waals surface area contributed by atoms with Gasteiger partial charge in [-0.15, -0.1) is 0 Å². The minimum absolute atomic E-state index is 0.137. The quantitative estimate of drug-likeness (QED) is 0.732. The van der Waals surface area contributed by atoms with Crippen LogP contribution >= 0.6 is 0 Å². The number of hydrogen-bond acceptors (Lipinski definition) is 1. The van der Waals surface area contributed by atoms with Crippen LogP contribution in [0, 0.1) is 28.9 Å². The molecule has 0 saturated heterocycles. The van der Waals surface area contributed by atoms with Crippen LogP contribution in [0.1, 0.15) is 26.3 Å². The van der Waals surface area contributed by atoms with Gasteiger partial charge in [-0.2, -0.15) is 5.26 Å². The molecule has 1 nitrogen and oxygen atoms in total. The highest BCUT2D eigenvalue weighted by molar-refractivity contribution is 5.34. The van der Waals surface area contributed by atoms with Gasteiger partial charge in [-0.3, -0.25) is 0 Å². The van der Waals surface area contributed by atoms with Crippen molar-refractivity contribution < 1.29 is 8.78 Å². The van der Waals surface area contributed by atoms with E-state index in [9.17, 15) is 8.78 Å². The minimum Gasteiger partial charge on any atom is -0.207 e. The molecule has 3 heteroatoms. The van der Waals surface area contributed by atoms with Gasteiger partial charge in [0.05, 0.1) is 11.5 Å². The molecule has 0 heterocycles. The van der Waals surface area contributed by atoms with Crippen LogP contribution in [-0.2, 0) is 5.41 Å². The summed E-state index contributed by atoms with van der Waals surface area (Å²) in [5.74, 6) is -1.48. The molecule has 0 aliphatic rings.